The van der Waals surface area contributed by atoms with Crippen molar-refractivity contribution < 1.29 is 18.8 Å². The Morgan fingerprint density at radius 1 is 0.935 bits per heavy atom. The van der Waals surface area contributed by atoms with Gasteiger partial charge in [-0.2, -0.15) is 5.10 Å². The molecule has 10 heteroatoms. The van der Waals surface area contributed by atoms with Crippen molar-refractivity contribution in [3.8, 4) is 0 Å². The molecule has 2 aromatic carbocycles. The molecule has 0 bridgehead atoms. The summed E-state index contributed by atoms with van der Waals surface area (Å²) in [5.41, 5.74) is 3.71. The Labute approximate surface area is 176 Å². The lowest BCUT2D eigenvalue weighted by atomic mass is 10.0. The third kappa shape index (κ3) is 4.74. The second-order valence-corrected chi connectivity index (χ2v) is 7.07. The summed E-state index contributed by atoms with van der Waals surface area (Å²) in [6, 6.07) is 10.7. The summed E-state index contributed by atoms with van der Waals surface area (Å²) in [5.74, 6) is -3.30. The van der Waals surface area contributed by atoms with Gasteiger partial charge < -0.3 is 5.32 Å². The number of carbonyl (C=O) groups excluding carboxylic acids is 3. The van der Waals surface area contributed by atoms with Gasteiger partial charge in [0, 0.05) is 5.39 Å². The van der Waals surface area contributed by atoms with Gasteiger partial charge in [0.1, 0.15) is 11.9 Å². The molecule has 0 radical (unpaired) electrons. The van der Waals surface area contributed by atoms with Crippen molar-refractivity contribution in [3.05, 3.63) is 76.0 Å². The normalized spacial score (nSPS) is 11.7. The summed E-state index contributed by atoms with van der Waals surface area (Å²) in [6.45, 7) is 3.37. The van der Waals surface area contributed by atoms with Gasteiger partial charge in [0.05, 0.1) is 10.9 Å². The van der Waals surface area contributed by atoms with Gasteiger partial charge in [-0.25, -0.2) is 9.49 Å². The molecule has 3 rings (SSSR count). The molecule has 1 heterocycles. The average Bonchev–Trinajstić information content (AvgIpc) is 2.76. The van der Waals surface area contributed by atoms with Gasteiger partial charge >= 0.3 is 0 Å². The van der Waals surface area contributed by atoms with Gasteiger partial charge in [-0.15, -0.1) is 0 Å². The fourth-order valence-corrected chi connectivity index (χ4v) is 2.94. The third-order valence-corrected chi connectivity index (χ3v) is 4.56. The molecule has 160 valence electrons. The van der Waals surface area contributed by atoms with E-state index in [4.69, 9.17) is 0 Å². The highest BCUT2D eigenvalue weighted by atomic mass is 19.1. The number of hydrogen-bond acceptors (Lipinski definition) is 5. The molecule has 0 aliphatic carbocycles. The largest absolute Gasteiger partial charge is 0.340 e. The zero-order chi connectivity index (χ0) is 22.5. The van der Waals surface area contributed by atoms with E-state index in [1.807, 2.05) is 0 Å². The van der Waals surface area contributed by atoms with Gasteiger partial charge in [-0.05, 0) is 24.1 Å². The summed E-state index contributed by atoms with van der Waals surface area (Å²) in [6.07, 6.45) is 0. The van der Waals surface area contributed by atoms with E-state index < -0.39 is 35.1 Å². The molecule has 31 heavy (non-hydrogen) atoms. The van der Waals surface area contributed by atoms with Gasteiger partial charge in [-0.1, -0.05) is 44.2 Å². The van der Waals surface area contributed by atoms with Crippen molar-refractivity contribution >= 4 is 28.5 Å². The van der Waals surface area contributed by atoms with E-state index in [1.165, 1.54) is 24.3 Å². The van der Waals surface area contributed by atoms with Crippen LogP contribution in [0.2, 0.25) is 0 Å². The summed E-state index contributed by atoms with van der Waals surface area (Å²) < 4.78 is 13.8. The number of nitrogens with one attached hydrogen (secondary N) is 4. The predicted molar refractivity (Wildman–Crippen MR) is 110 cm³/mol. The lowest BCUT2D eigenvalue weighted by Crippen LogP contribution is -2.54. The number of fused-ring (bicyclic) bond motifs is 1. The number of halogens is 1. The first-order valence-corrected chi connectivity index (χ1v) is 9.42. The SMILES string of the molecule is CC(C)[C@H](NC(=O)c1ccccc1F)C(=O)NNC(=O)c1n[nH]c(=O)c2ccccc12. The molecule has 3 aromatic rings. The molecular weight excluding hydrogens is 405 g/mol. The number of carbonyl (C=O) groups is 3. The molecular formula is C21H20FN5O4. The number of aromatic amines is 1. The highest BCUT2D eigenvalue weighted by Crippen LogP contribution is 2.12. The van der Waals surface area contributed by atoms with E-state index >= 15 is 0 Å². The number of rotatable bonds is 5. The first kappa shape index (κ1) is 21.6. The van der Waals surface area contributed by atoms with Crippen LogP contribution in [0.4, 0.5) is 4.39 Å². The predicted octanol–water partition coefficient (Wildman–Crippen LogP) is 1.28. The van der Waals surface area contributed by atoms with Crippen LogP contribution in [0.5, 0.6) is 0 Å². The molecule has 1 atom stereocenters. The van der Waals surface area contributed by atoms with E-state index in [-0.39, 0.29) is 22.6 Å². The lowest BCUT2D eigenvalue weighted by Gasteiger charge is -2.22. The van der Waals surface area contributed by atoms with Gasteiger partial charge in [0.2, 0.25) is 0 Å². The molecule has 0 spiro atoms. The van der Waals surface area contributed by atoms with E-state index in [0.29, 0.717) is 5.39 Å². The first-order valence-electron chi connectivity index (χ1n) is 9.42. The Hall–Kier alpha value is -4.08. The van der Waals surface area contributed by atoms with Crippen LogP contribution in [0.15, 0.2) is 53.3 Å². The second kappa shape index (κ2) is 9.16. The summed E-state index contributed by atoms with van der Waals surface area (Å²) >= 11 is 0. The average molecular weight is 425 g/mol. The Morgan fingerprint density at radius 3 is 2.26 bits per heavy atom. The topological polar surface area (TPSA) is 133 Å². The van der Waals surface area contributed by atoms with Gasteiger partial charge in [0.15, 0.2) is 5.69 Å². The minimum Gasteiger partial charge on any atom is -0.340 e. The van der Waals surface area contributed by atoms with E-state index in [9.17, 15) is 23.6 Å². The fourth-order valence-electron chi connectivity index (χ4n) is 2.94. The van der Waals surface area contributed by atoms with Crippen LogP contribution in [0.3, 0.4) is 0 Å². The van der Waals surface area contributed by atoms with E-state index in [0.717, 1.165) is 6.07 Å². The van der Waals surface area contributed by atoms with Gasteiger partial charge in [0.25, 0.3) is 23.3 Å². The molecule has 0 saturated heterocycles. The zero-order valence-electron chi connectivity index (χ0n) is 16.7. The molecule has 9 nitrogen and oxygen atoms in total. The van der Waals surface area contributed by atoms with Crippen molar-refractivity contribution in [2.75, 3.05) is 0 Å². The number of amides is 3. The maximum atomic E-state index is 13.8. The summed E-state index contributed by atoms with van der Waals surface area (Å²) in [5, 5.41) is 9.03. The van der Waals surface area contributed by atoms with Crippen molar-refractivity contribution in [3.63, 3.8) is 0 Å². The first-order chi connectivity index (χ1) is 14.8. The lowest BCUT2D eigenvalue weighted by molar-refractivity contribution is -0.124. The second-order valence-electron chi connectivity index (χ2n) is 7.07. The molecule has 3 amide bonds. The fraction of sp³-hybridized carbons (Fsp3) is 0.190. The zero-order valence-corrected chi connectivity index (χ0v) is 16.7. The quantitative estimate of drug-likeness (QED) is 0.457. The van der Waals surface area contributed by atoms with Crippen LogP contribution in [0.1, 0.15) is 34.7 Å². The standard InChI is InChI=1S/C21H20FN5O4/c1-11(2)16(23-18(28)14-9-5-6-10-15(14)22)20(30)26-27-21(31)17-12-7-3-4-8-13(12)19(29)25-24-17/h3-11,16H,1-2H3,(H,23,28)(H,25,29)(H,26,30)(H,27,31)/t16-/m0/s1. The van der Waals surface area contributed by atoms with Crippen LogP contribution in [0.25, 0.3) is 10.8 Å². The molecule has 0 fully saturated rings. The monoisotopic (exact) mass is 425 g/mol. The van der Waals surface area contributed by atoms with Crippen LogP contribution in [-0.2, 0) is 4.79 Å². The number of benzene rings is 2. The smallest absolute Gasteiger partial charge is 0.290 e. The Morgan fingerprint density at radius 2 is 1.58 bits per heavy atom. The number of aromatic nitrogens is 2. The third-order valence-electron chi connectivity index (χ3n) is 4.56. The summed E-state index contributed by atoms with van der Waals surface area (Å²) in [7, 11) is 0. The minimum atomic E-state index is -1.05. The Kier molecular flexibility index (Phi) is 6.39. The van der Waals surface area contributed by atoms with Crippen LogP contribution in [0, 0.1) is 11.7 Å². The highest BCUT2D eigenvalue weighted by Gasteiger charge is 2.26. The Balaban J connectivity index is 1.71. The molecule has 0 saturated carbocycles. The maximum absolute atomic E-state index is 13.8. The van der Waals surface area contributed by atoms with Crippen molar-refractivity contribution in [2.45, 2.75) is 19.9 Å². The van der Waals surface area contributed by atoms with E-state index in [2.05, 4.69) is 26.4 Å². The number of hydrazine groups is 1. The van der Waals surface area contributed by atoms with Gasteiger partial charge in [-0.3, -0.25) is 30.0 Å². The van der Waals surface area contributed by atoms with Crippen molar-refractivity contribution in [1.82, 2.24) is 26.4 Å². The Bertz CT molecular complexity index is 1210. The number of H-pyrrole nitrogens is 1. The summed E-state index contributed by atoms with van der Waals surface area (Å²) in [4.78, 5) is 49.3. The van der Waals surface area contributed by atoms with Crippen molar-refractivity contribution in [2.24, 2.45) is 5.92 Å². The molecule has 4 N–H and O–H groups in total. The molecule has 0 aliphatic heterocycles. The highest BCUT2D eigenvalue weighted by molar-refractivity contribution is 6.05. The molecule has 0 unspecified atom stereocenters. The van der Waals surface area contributed by atoms with E-state index in [1.54, 1.807) is 32.0 Å². The maximum Gasteiger partial charge on any atom is 0.290 e. The number of nitrogens with zero attached hydrogens (tertiary/aromatic N) is 1. The van der Waals surface area contributed by atoms with Crippen LogP contribution >= 0.6 is 0 Å². The van der Waals surface area contributed by atoms with Crippen LogP contribution in [-0.4, -0.2) is 34.0 Å². The molecule has 1 aromatic heterocycles. The minimum absolute atomic E-state index is 0.0908. The number of hydrogen-bond donors (Lipinski definition) is 4. The van der Waals surface area contributed by atoms with Crippen molar-refractivity contribution in [1.29, 1.82) is 0 Å². The molecule has 0 aliphatic rings. The van der Waals surface area contributed by atoms with Crippen LogP contribution < -0.4 is 21.7 Å².